The maximum Gasteiger partial charge on any atom is 0.162 e. The fourth-order valence-electron chi connectivity index (χ4n) is 3.82. The van der Waals surface area contributed by atoms with Gasteiger partial charge in [0.1, 0.15) is 0 Å². The molecule has 172 valence electrons. The van der Waals surface area contributed by atoms with Crippen molar-refractivity contribution >= 4 is 17.5 Å². The molecular weight excluding hydrogens is 408 g/mol. The van der Waals surface area contributed by atoms with Gasteiger partial charge in [-0.05, 0) is 73.8 Å². The summed E-state index contributed by atoms with van der Waals surface area (Å²) in [6, 6.07) is 17.0. The first kappa shape index (κ1) is 26.2. The van der Waals surface area contributed by atoms with E-state index in [4.69, 9.17) is 0 Å². The standard InChI is InChI=1S/C30H40OS/c1-5-6-7-8-11-26-18-20-28(21-19-26)30(31)13-10-9-12-29(32-4)23-25(3)22-27-16-14-24(2)15-17-27/h14-21,23H,3,5-13,22H2,1-2,4H3/b29-23-. The van der Waals surface area contributed by atoms with Crippen LogP contribution in [0, 0.1) is 6.92 Å². The van der Waals surface area contributed by atoms with Gasteiger partial charge in [0.15, 0.2) is 5.78 Å². The molecule has 0 unspecified atom stereocenters. The number of hydrogen-bond donors (Lipinski definition) is 0. The second-order valence-corrected chi connectivity index (χ2v) is 9.71. The van der Waals surface area contributed by atoms with Crippen molar-refractivity contribution in [3.63, 3.8) is 0 Å². The number of hydrogen-bond acceptors (Lipinski definition) is 2. The van der Waals surface area contributed by atoms with Crippen LogP contribution in [0.3, 0.4) is 0 Å². The summed E-state index contributed by atoms with van der Waals surface area (Å²) < 4.78 is 0. The molecule has 0 amide bonds. The molecule has 2 aromatic carbocycles. The van der Waals surface area contributed by atoms with Gasteiger partial charge in [0.2, 0.25) is 0 Å². The maximum atomic E-state index is 12.5. The van der Waals surface area contributed by atoms with Crippen molar-refractivity contribution in [2.45, 2.75) is 78.1 Å². The zero-order chi connectivity index (χ0) is 23.2. The smallest absolute Gasteiger partial charge is 0.162 e. The van der Waals surface area contributed by atoms with Gasteiger partial charge in [-0.2, -0.15) is 0 Å². The Balaban J connectivity index is 1.72. The Morgan fingerprint density at radius 3 is 2.19 bits per heavy atom. The predicted molar refractivity (Wildman–Crippen MR) is 143 cm³/mol. The van der Waals surface area contributed by atoms with E-state index in [0.29, 0.717) is 6.42 Å². The quantitative estimate of drug-likeness (QED) is 0.154. The minimum Gasteiger partial charge on any atom is -0.294 e. The van der Waals surface area contributed by atoms with E-state index in [1.54, 1.807) is 11.8 Å². The highest BCUT2D eigenvalue weighted by atomic mass is 32.2. The molecule has 0 aromatic heterocycles. The average molecular weight is 449 g/mol. The lowest BCUT2D eigenvalue weighted by atomic mass is 10.0. The first-order chi connectivity index (χ1) is 15.5. The van der Waals surface area contributed by atoms with Crippen LogP contribution < -0.4 is 0 Å². The molecule has 0 atom stereocenters. The van der Waals surface area contributed by atoms with E-state index in [2.05, 4.69) is 69.2 Å². The summed E-state index contributed by atoms with van der Waals surface area (Å²) in [5, 5.41) is 0. The summed E-state index contributed by atoms with van der Waals surface area (Å²) in [5.74, 6) is 0.265. The van der Waals surface area contributed by atoms with Crippen LogP contribution >= 0.6 is 11.8 Å². The molecule has 0 fully saturated rings. The molecule has 0 bridgehead atoms. The molecule has 0 aliphatic heterocycles. The highest BCUT2D eigenvalue weighted by Crippen LogP contribution is 2.23. The van der Waals surface area contributed by atoms with E-state index < -0.39 is 0 Å². The molecule has 0 heterocycles. The number of ketones is 1. The molecule has 2 rings (SSSR count). The fourth-order valence-corrected chi connectivity index (χ4v) is 4.46. The van der Waals surface area contributed by atoms with Crippen LogP contribution in [-0.4, -0.2) is 12.0 Å². The van der Waals surface area contributed by atoms with Crippen LogP contribution in [0.25, 0.3) is 0 Å². The second kappa shape index (κ2) is 14.9. The number of aryl methyl sites for hydroxylation is 2. The first-order valence-electron chi connectivity index (χ1n) is 12.1. The highest BCUT2D eigenvalue weighted by Gasteiger charge is 2.07. The lowest BCUT2D eigenvalue weighted by Gasteiger charge is -2.08. The average Bonchev–Trinajstić information content (AvgIpc) is 2.80. The van der Waals surface area contributed by atoms with Crippen LogP contribution in [0.15, 0.2) is 71.7 Å². The normalized spacial score (nSPS) is 11.5. The van der Waals surface area contributed by atoms with Gasteiger partial charge in [-0.15, -0.1) is 11.8 Å². The molecule has 0 saturated heterocycles. The van der Waals surface area contributed by atoms with Crippen molar-refractivity contribution in [1.29, 1.82) is 0 Å². The van der Waals surface area contributed by atoms with E-state index in [1.165, 1.54) is 47.3 Å². The molecule has 1 nitrogen and oxygen atoms in total. The summed E-state index contributed by atoms with van der Waals surface area (Å²) >= 11 is 1.79. The number of unbranched alkanes of at least 4 members (excludes halogenated alkanes) is 4. The summed E-state index contributed by atoms with van der Waals surface area (Å²) in [5.41, 5.74) is 5.93. The van der Waals surface area contributed by atoms with Gasteiger partial charge in [0.25, 0.3) is 0 Å². The SMILES string of the molecule is C=C(/C=C(/CCCCC(=O)c1ccc(CCCCCC)cc1)SC)Cc1ccc(C)cc1. The second-order valence-electron chi connectivity index (χ2n) is 8.77. The molecule has 2 aromatic rings. The van der Waals surface area contributed by atoms with Crippen LogP contribution in [0.5, 0.6) is 0 Å². The van der Waals surface area contributed by atoms with E-state index in [1.807, 2.05) is 12.1 Å². The Kier molecular flexibility index (Phi) is 12.2. The molecular formula is C30H40OS. The third kappa shape index (κ3) is 10.0. The zero-order valence-electron chi connectivity index (χ0n) is 20.3. The Morgan fingerprint density at radius 2 is 1.53 bits per heavy atom. The lowest BCUT2D eigenvalue weighted by molar-refractivity contribution is 0.0979. The van der Waals surface area contributed by atoms with Crippen molar-refractivity contribution in [2.75, 3.05) is 6.26 Å². The van der Waals surface area contributed by atoms with E-state index in [-0.39, 0.29) is 5.78 Å². The van der Waals surface area contributed by atoms with Crippen molar-refractivity contribution in [1.82, 2.24) is 0 Å². The van der Waals surface area contributed by atoms with E-state index in [0.717, 1.165) is 43.2 Å². The van der Waals surface area contributed by atoms with E-state index in [9.17, 15) is 4.79 Å². The number of carbonyl (C=O) groups is 1. The molecule has 0 aliphatic carbocycles. The van der Waals surface area contributed by atoms with Crippen LogP contribution in [0.2, 0.25) is 0 Å². The highest BCUT2D eigenvalue weighted by molar-refractivity contribution is 8.02. The third-order valence-electron chi connectivity index (χ3n) is 5.85. The van der Waals surface area contributed by atoms with Crippen molar-refractivity contribution in [2.24, 2.45) is 0 Å². The Hall–Kier alpha value is -2.06. The summed E-state index contributed by atoms with van der Waals surface area (Å²) in [7, 11) is 0. The van der Waals surface area contributed by atoms with Crippen molar-refractivity contribution in [3.8, 4) is 0 Å². The Labute approximate surface area is 200 Å². The van der Waals surface area contributed by atoms with Gasteiger partial charge >= 0.3 is 0 Å². The number of rotatable bonds is 15. The van der Waals surface area contributed by atoms with Gasteiger partial charge in [-0.1, -0.05) is 92.4 Å². The summed E-state index contributed by atoms with van der Waals surface area (Å²) in [4.78, 5) is 13.9. The molecule has 32 heavy (non-hydrogen) atoms. The number of Topliss-reactive ketones (excluding diaryl/α,β-unsaturated/α-hetero) is 1. The van der Waals surface area contributed by atoms with Crippen molar-refractivity contribution < 1.29 is 4.79 Å². The number of benzene rings is 2. The number of thioether (sulfide) groups is 1. The van der Waals surface area contributed by atoms with Crippen LogP contribution in [-0.2, 0) is 12.8 Å². The molecule has 0 saturated carbocycles. The first-order valence-corrected chi connectivity index (χ1v) is 13.3. The third-order valence-corrected chi connectivity index (χ3v) is 6.70. The van der Waals surface area contributed by atoms with Gasteiger partial charge in [0.05, 0.1) is 0 Å². The van der Waals surface area contributed by atoms with Gasteiger partial charge < -0.3 is 0 Å². The van der Waals surface area contributed by atoms with E-state index >= 15 is 0 Å². The molecule has 0 spiro atoms. The zero-order valence-corrected chi connectivity index (χ0v) is 21.1. The fraction of sp³-hybridized carbons (Fsp3) is 0.433. The van der Waals surface area contributed by atoms with Gasteiger partial charge in [0, 0.05) is 12.0 Å². The molecule has 0 radical (unpaired) electrons. The molecule has 2 heteroatoms. The summed E-state index contributed by atoms with van der Waals surface area (Å²) in [6.07, 6.45) is 15.1. The summed E-state index contributed by atoms with van der Waals surface area (Å²) in [6.45, 7) is 8.60. The van der Waals surface area contributed by atoms with Crippen LogP contribution in [0.1, 0.15) is 85.3 Å². The lowest BCUT2D eigenvalue weighted by Crippen LogP contribution is -1.99. The molecule has 0 aliphatic rings. The maximum absolute atomic E-state index is 12.5. The Morgan fingerprint density at radius 1 is 0.875 bits per heavy atom. The van der Waals surface area contributed by atoms with Crippen molar-refractivity contribution in [3.05, 3.63) is 93.9 Å². The largest absolute Gasteiger partial charge is 0.294 e. The van der Waals surface area contributed by atoms with Crippen LogP contribution in [0.4, 0.5) is 0 Å². The monoisotopic (exact) mass is 448 g/mol. The number of carbonyl (C=O) groups excluding carboxylic acids is 1. The molecule has 0 N–H and O–H groups in total. The Bertz CT molecular complexity index is 859. The topological polar surface area (TPSA) is 17.1 Å². The minimum absolute atomic E-state index is 0.265. The minimum atomic E-state index is 0.265. The van der Waals surface area contributed by atoms with Gasteiger partial charge in [-0.25, -0.2) is 0 Å². The van der Waals surface area contributed by atoms with Gasteiger partial charge in [-0.3, -0.25) is 4.79 Å². The number of allylic oxidation sites excluding steroid dienone is 3. The predicted octanol–water partition coefficient (Wildman–Crippen LogP) is 8.91.